The fourth-order valence-electron chi connectivity index (χ4n) is 4.62. The minimum atomic E-state index is -1.27. The number of benzene rings is 3. The number of amides is 4. The normalized spacial score (nSPS) is 19.9. The monoisotopic (exact) mass is 488 g/mol. The molecule has 4 amide bonds. The van der Waals surface area contributed by atoms with Gasteiger partial charge >= 0.3 is 6.03 Å². The molecule has 0 spiro atoms. The van der Waals surface area contributed by atoms with Gasteiger partial charge in [-0.25, -0.2) is 4.79 Å². The van der Waals surface area contributed by atoms with Gasteiger partial charge in [-0.2, -0.15) is 0 Å². The zero-order chi connectivity index (χ0) is 25.3. The first-order valence-corrected chi connectivity index (χ1v) is 11.8. The van der Waals surface area contributed by atoms with Crippen molar-refractivity contribution >= 4 is 40.0 Å². The van der Waals surface area contributed by atoms with Crippen molar-refractivity contribution in [1.29, 1.82) is 0 Å². The van der Waals surface area contributed by atoms with E-state index in [1.54, 1.807) is 20.1 Å². The van der Waals surface area contributed by atoms with Gasteiger partial charge in [0.2, 0.25) is 5.91 Å². The van der Waals surface area contributed by atoms with E-state index in [0.29, 0.717) is 24.5 Å². The van der Waals surface area contributed by atoms with Gasteiger partial charge in [-0.1, -0.05) is 18.2 Å². The summed E-state index contributed by atoms with van der Waals surface area (Å²) < 4.78 is 10.6. The van der Waals surface area contributed by atoms with Gasteiger partial charge in [0.05, 0.1) is 20.3 Å². The highest BCUT2D eigenvalue weighted by Gasteiger charge is 2.49. The van der Waals surface area contributed by atoms with E-state index in [1.807, 2.05) is 54.6 Å². The molecule has 9 nitrogen and oxygen atoms in total. The Hall–Kier alpha value is -4.11. The van der Waals surface area contributed by atoms with Crippen LogP contribution >= 0.6 is 0 Å². The number of hydrogen-bond acceptors (Lipinski definition) is 6. The smallest absolute Gasteiger partial charge is 0.325 e. The molecule has 2 aliphatic rings. The van der Waals surface area contributed by atoms with Crippen LogP contribution in [0.2, 0.25) is 0 Å². The summed E-state index contributed by atoms with van der Waals surface area (Å²) in [6.07, 6.45) is 0. The fraction of sp³-hybridized carbons (Fsp3) is 0.296. The van der Waals surface area contributed by atoms with Gasteiger partial charge in [-0.15, -0.1) is 0 Å². The van der Waals surface area contributed by atoms with E-state index < -0.39 is 23.4 Å². The van der Waals surface area contributed by atoms with E-state index >= 15 is 0 Å². The molecule has 1 atom stereocenters. The Kier molecular flexibility index (Phi) is 6.24. The summed E-state index contributed by atoms with van der Waals surface area (Å²) in [4.78, 5) is 41.9. The number of anilines is 2. The molecule has 0 saturated carbocycles. The summed E-state index contributed by atoms with van der Waals surface area (Å²) in [5.41, 5.74) is 1.01. The molecule has 0 aliphatic carbocycles. The van der Waals surface area contributed by atoms with Crippen LogP contribution in [0.15, 0.2) is 60.7 Å². The van der Waals surface area contributed by atoms with Crippen molar-refractivity contribution in [1.82, 2.24) is 10.2 Å². The lowest BCUT2D eigenvalue weighted by Gasteiger charge is -2.28. The number of hydrogen-bond donors (Lipinski definition) is 2. The number of rotatable bonds is 6. The first kappa shape index (κ1) is 23.6. The molecule has 3 aromatic carbocycles. The number of carbonyl (C=O) groups is 3. The summed E-state index contributed by atoms with van der Waals surface area (Å²) in [6, 6.07) is 18.1. The summed E-state index contributed by atoms with van der Waals surface area (Å²) in [7, 11) is 1.61. The van der Waals surface area contributed by atoms with Gasteiger partial charge < -0.3 is 25.0 Å². The van der Waals surface area contributed by atoms with E-state index in [2.05, 4.69) is 15.5 Å². The van der Waals surface area contributed by atoms with E-state index in [9.17, 15) is 14.4 Å². The number of carbonyl (C=O) groups excluding carboxylic acids is 3. The molecule has 2 heterocycles. The van der Waals surface area contributed by atoms with Crippen LogP contribution in [0.4, 0.5) is 16.2 Å². The van der Waals surface area contributed by atoms with Crippen LogP contribution in [-0.4, -0.2) is 62.7 Å². The highest BCUT2D eigenvalue weighted by molar-refractivity contribution is 6.10. The lowest BCUT2D eigenvalue weighted by atomic mass is 9.90. The second kappa shape index (κ2) is 9.50. The molecule has 3 aromatic rings. The third kappa shape index (κ3) is 4.45. The molecule has 9 heteroatoms. The third-order valence-electron chi connectivity index (χ3n) is 6.73. The number of urea groups is 1. The summed E-state index contributed by atoms with van der Waals surface area (Å²) in [5, 5.41) is 7.40. The minimum absolute atomic E-state index is 0.379. The molecule has 186 valence electrons. The van der Waals surface area contributed by atoms with Crippen LogP contribution in [-0.2, 0) is 19.9 Å². The maximum atomic E-state index is 13.3. The molecular weight excluding hydrogens is 460 g/mol. The number of methoxy groups -OCH3 is 1. The number of morpholine rings is 1. The van der Waals surface area contributed by atoms with Gasteiger partial charge in [-0.05, 0) is 65.7 Å². The SMILES string of the molecule is COc1ccc2cc([C@]3(C)NC(=O)N(CC(=O)Nc4ccc(N5CCOCC5)cc4)C3=O)ccc2c1. The second-order valence-electron chi connectivity index (χ2n) is 9.07. The quantitative estimate of drug-likeness (QED) is 0.518. The standard InChI is InChI=1S/C27H28N4O5/c1-27(20-5-3-19-16-23(35-2)10-4-18(19)15-20)25(33)31(26(34)29-27)17-24(32)28-21-6-8-22(9-7-21)30-11-13-36-14-12-30/h3-10,15-16H,11-14,17H2,1-2H3,(H,28,32)(H,29,34)/t27-/m0/s1. The van der Waals surface area contributed by atoms with Gasteiger partial charge in [0.1, 0.15) is 17.8 Å². The van der Waals surface area contributed by atoms with Crippen LogP contribution in [0.5, 0.6) is 5.75 Å². The first-order valence-electron chi connectivity index (χ1n) is 11.8. The Morgan fingerprint density at radius 2 is 1.72 bits per heavy atom. The summed E-state index contributed by atoms with van der Waals surface area (Å²) >= 11 is 0. The molecule has 0 aromatic heterocycles. The highest BCUT2D eigenvalue weighted by atomic mass is 16.5. The molecule has 0 bridgehead atoms. The Morgan fingerprint density at radius 3 is 2.44 bits per heavy atom. The van der Waals surface area contributed by atoms with E-state index in [-0.39, 0.29) is 6.54 Å². The van der Waals surface area contributed by atoms with Gasteiger partial charge in [-0.3, -0.25) is 14.5 Å². The Labute approximate surface area is 209 Å². The number of nitrogens with zero attached hydrogens (tertiary/aromatic N) is 2. The lowest BCUT2D eigenvalue weighted by Crippen LogP contribution is -2.42. The predicted molar refractivity (Wildman–Crippen MR) is 136 cm³/mol. The number of nitrogens with one attached hydrogen (secondary N) is 2. The van der Waals surface area contributed by atoms with E-state index in [1.165, 1.54) is 0 Å². The van der Waals surface area contributed by atoms with Crippen molar-refractivity contribution < 1.29 is 23.9 Å². The summed E-state index contributed by atoms with van der Waals surface area (Å²) in [5.74, 6) is -0.190. The van der Waals surface area contributed by atoms with Crippen molar-refractivity contribution in [2.24, 2.45) is 0 Å². The zero-order valence-corrected chi connectivity index (χ0v) is 20.2. The largest absolute Gasteiger partial charge is 0.497 e. The minimum Gasteiger partial charge on any atom is -0.497 e. The number of ether oxygens (including phenoxy) is 2. The van der Waals surface area contributed by atoms with Gasteiger partial charge in [0.25, 0.3) is 5.91 Å². The van der Waals surface area contributed by atoms with E-state index in [4.69, 9.17) is 9.47 Å². The van der Waals surface area contributed by atoms with Crippen molar-refractivity contribution in [2.45, 2.75) is 12.5 Å². The molecule has 36 heavy (non-hydrogen) atoms. The molecule has 2 fully saturated rings. The van der Waals surface area contributed by atoms with Crippen molar-refractivity contribution in [2.75, 3.05) is 50.2 Å². The molecule has 0 unspecified atom stereocenters. The predicted octanol–water partition coefficient (Wildman–Crippen LogP) is 3.09. The first-order chi connectivity index (χ1) is 17.4. The molecule has 2 N–H and O–H groups in total. The van der Waals surface area contributed by atoms with Crippen molar-refractivity contribution in [3.63, 3.8) is 0 Å². The maximum absolute atomic E-state index is 13.3. The lowest BCUT2D eigenvalue weighted by molar-refractivity contribution is -0.133. The molecular formula is C27H28N4O5. The average Bonchev–Trinajstić information content (AvgIpc) is 3.12. The van der Waals surface area contributed by atoms with Crippen molar-refractivity contribution in [3.05, 3.63) is 66.2 Å². The molecule has 0 radical (unpaired) electrons. The van der Waals surface area contributed by atoms with Gasteiger partial charge in [0, 0.05) is 24.5 Å². The second-order valence-corrected chi connectivity index (χ2v) is 9.07. The highest BCUT2D eigenvalue weighted by Crippen LogP contribution is 2.32. The van der Waals surface area contributed by atoms with Crippen LogP contribution in [0.25, 0.3) is 10.8 Å². The number of imide groups is 1. The van der Waals surface area contributed by atoms with Crippen LogP contribution in [0.1, 0.15) is 12.5 Å². The Morgan fingerprint density at radius 1 is 1.03 bits per heavy atom. The average molecular weight is 489 g/mol. The number of fused-ring (bicyclic) bond motifs is 1. The van der Waals surface area contributed by atoms with Crippen LogP contribution in [0, 0.1) is 0 Å². The van der Waals surface area contributed by atoms with E-state index in [0.717, 1.165) is 40.2 Å². The Bertz CT molecular complexity index is 1320. The Balaban J connectivity index is 1.26. The fourth-order valence-corrected chi connectivity index (χ4v) is 4.62. The topological polar surface area (TPSA) is 100 Å². The zero-order valence-electron chi connectivity index (χ0n) is 20.2. The molecule has 5 rings (SSSR count). The van der Waals surface area contributed by atoms with Crippen LogP contribution in [0.3, 0.4) is 0 Å². The molecule has 2 saturated heterocycles. The van der Waals surface area contributed by atoms with Crippen LogP contribution < -0.4 is 20.3 Å². The summed E-state index contributed by atoms with van der Waals surface area (Å²) in [6.45, 7) is 4.30. The molecule has 2 aliphatic heterocycles. The maximum Gasteiger partial charge on any atom is 0.325 e. The van der Waals surface area contributed by atoms with Crippen molar-refractivity contribution in [3.8, 4) is 5.75 Å². The third-order valence-corrected chi connectivity index (χ3v) is 6.73. The van der Waals surface area contributed by atoms with Gasteiger partial charge in [0.15, 0.2) is 0 Å².